The molecule has 1 rings (SSSR count). The van der Waals surface area contributed by atoms with Crippen molar-refractivity contribution in [3.63, 3.8) is 0 Å². The molecule has 0 aromatic rings. The predicted octanol–water partition coefficient (Wildman–Crippen LogP) is 1.07. The second kappa shape index (κ2) is 4.17. The van der Waals surface area contributed by atoms with E-state index >= 15 is 0 Å². The van der Waals surface area contributed by atoms with Gasteiger partial charge in [0, 0.05) is 25.6 Å². The Bertz CT molecular complexity index is 205. The van der Waals surface area contributed by atoms with Crippen molar-refractivity contribution in [2.45, 2.75) is 26.4 Å². The molecule has 0 spiro atoms. The van der Waals surface area contributed by atoms with E-state index in [1.807, 2.05) is 20.8 Å². The molecular formula is C10H20N2O2. The van der Waals surface area contributed by atoms with Gasteiger partial charge in [-0.2, -0.15) is 0 Å². The van der Waals surface area contributed by atoms with Crippen molar-refractivity contribution >= 4 is 6.09 Å². The standard InChI is InChI=1S/C10H20N2O2/c1-10(2,3)14-9(13)11-5-8-6-12(4)7-8/h8H,5-7H2,1-4H3,(H,11,13). The second-order valence-electron chi connectivity index (χ2n) is 4.97. The van der Waals surface area contributed by atoms with E-state index in [0.717, 1.165) is 19.6 Å². The number of rotatable bonds is 2. The van der Waals surface area contributed by atoms with Gasteiger partial charge in [-0.3, -0.25) is 0 Å². The van der Waals surface area contributed by atoms with Crippen LogP contribution in [0.25, 0.3) is 0 Å². The number of ether oxygens (including phenoxy) is 1. The van der Waals surface area contributed by atoms with Crippen LogP contribution < -0.4 is 5.32 Å². The summed E-state index contributed by atoms with van der Waals surface area (Å²) in [4.78, 5) is 13.5. The summed E-state index contributed by atoms with van der Waals surface area (Å²) in [5.41, 5.74) is -0.402. The lowest BCUT2D eigenvalue weighted by atomic mass is 10.0. The average molecular weight is 200 g/mol. The lowest BCUT2D eigenvalue weighted by Gasteiger charge is -2.36. The van der Waals surface area contributed by atoms with E-state index in [1.54, 1.807) is 0 Å². The van der Waals surface area contributed by atoms with E-state index in [2.05, 4.69) is 17.3 Å². The molecule has 4 nitrogen and oxygen atoms in total. The third-order valence-corrected chi connectivity index (χ3v) is 2.07. The zero-order chi connectivity index (χ0) is 10.8. The number of carbonyl (C=O) groups excluding carboxylic acids is 1. The highest BCUT2D eigenvalue weighted by molar-refractivity contribution is 5.67. The smallest absolute Gasteiger partial charge is 0.407 e. The number of nitrogens with zero attached hydrogens (tertiary/aromatic N) is 1. The highest BCUT2D eigenvalue weighted by Crippen LogP contribution is 2.11. The molecule has 1 aliphatic heterocycles. The fraction of sp³-hybridized carbons (Fsp3) is 0.900. The molecule has 0 saturated carbocycles. The van der Waals surface area contributed by atoms with Crippen LogP contribution in [0.4, 0.5) is 4.79 Å². The van der Waals surface area contributed by atoms with Crippen molar-refractivity contribution in [1.29, 1.82) is 0 Å². The molecule has 0 bridgehead atoms. The SMILES string of the molecule is CN1CC(CNC(=O)OC(C)(C)C)C1. The summed E-state index contributed by atoms with van der Waals surface area (Å²) in [5.74, 6) is 0.590. The molecule has 0 aliphatic carbocycles. The van der Waals surface area contributed by atoms with Crippen LogP contribution in [0.15, 0.2) is 0 Å². The molecule has 1 saturated heterocycles. The first-order valence-electron chi connectivity index (χ1n) is 5.02. The topological polar surface area (TPSA) is 41.6 Å². The highest BCUT2D eigenvalue weighted by atomic mass is 16.6. The predicted molar refractivity (Wildman–Crippen MR) is 55.2 cm³/mol. The van der Waals surface area contributed by atoms with Gasteiger partial charge in [-0.15, -0.1) is 0 Å². The van der Waals surface area contributed by atoms with E-state index in [1.165, 1.54) is 0 Å². The Labute approximate surface area is 85.6 Å². The Hall–Kier alpha value is -0.770. The minimum absolute atomic E-state index is 0.313. The molecule has 1 heterocycles. The number of amides is 1. The van der Waals surface area contributed by atoms with Crippen LogP contribution >= 0.6 is 0 Å². The lowest BCUT2D eigenvalue weighted by Crippen LogP contribution is -2.49. The van der Waals surface area contributed by atoms with E-state index in [4.69, 9.17) is 4.74 Å². The molecule has 1 N–H and O–H groups in total. The number of nitrogens with one attached hydrogen (secondary N) is 1. The zero-order valence-corrected chi connectivity index (χ0v) is 9.46. The van der Waals surface area contributed by atoms with Crippen LogP contribution in [0.3, 0.4) is 0 Å². The van der Waals surface area contributed by atoms with Gasteiger partial charge < -0.3 is 15.0 Å². The third-order valence-electron chi connectivity index (χ3n) is 2.07. The van der Waals surface area contributed by atoms with Crippen molar-refractivity contribution in [2.24, 2.45) is 5.92 Å². The van der Waals surface area contributed by atoms with Gasteiger partial charge >= 0.3 is 6.09 Å². The minimum Gasteiger partial charge on any atom is -0.444 e. The number of hydrogen-bond acceptors (Lipinski definition) is 3. The molecule has 1 aliphatic rings. The van der Waals surface area contributed by atoms with Gasteiger partial charge in [0.2, 0.25) is 0 Å². The Morgan fingerprint density at radius 1 is 1.50 bits per heavy atom. The normalized spacial score (nSPS) is 18.9. The first-order chi connectivity index (χ1) is 6.37. The van der Waals surface area contributed by atoms with Crippen LogP contribution in [0.5, 0.6) is 0 Å². The van der Waals surface area contributed by atoms with Crippen molar-refractivity contribution < 1.29 is 9.53 Å². The molecular weight excluding hydrogens is 180 g/mol. The number of likely N-dealkylation sites (tertiary alicyclic amines) is 1. The highest BCUT2D eigenvalue weighted by Gasteiger charge is 2.24. The molecule has 0 aromatic heterocycles. The largest absolute Gasteiger partial charge is 0.444 e. The summed E-state index contributed by atoms with van der Waals surface area (Å²) in [5, 5.41) is 2.77. The maximum Gasteiger partial charge on any atom is 0.407 e. The van der Waals surface area contributed by atoms with Gasteiger partial charge in [0.15, 0.2) is 0 Å². The summed E-state index contributed by atoms with van der Waals surface area (Å²) in [6, 6.07) is 0. The first-order valence-corrected chi connectivity index (χ1v) is 5.02. The molecule has 0 radical (unpaired) electrons. The lowest BCUT2D eigenvalue weighted by molar-refractivity contribution is 0.0485. The maximum absolute atomic E-state index is 11.2. The molecule has 14 heavy (non-hydrogen) atoms. The van der Waals surface area contributed by atoms with Crippen molar-refractivity contribution in [3.8, 4) is 0 Å². The number of carbonyl (C=O) groups is 1. The van der Waals surface area contributed by atoms with Crippen LogP contribution in [0.1, 0.15) is 20.8 Å². The van der Waals surface area contributed by atoms with Crippen LogP contribution in [-0.2, 0) is 4.74 Å². The molecule has 0 atom stereocenters. The summed E-state index contributed by atoms with van der Waals surface area (Å²) in [6.45, 7) is 8.45. The minimum atomic E-state index is -0.402. The van der Waals surface area contributed by atoms with Gasteiger partial charge in [0.05, 0.1) is 0 Å². The van der Waals surface area contributed by atoms with Crippen LogP contribution in [0.2, 0.25) is 0 Å². The number of hydrogen-bond donors (Lipinski definition) is 1. The monoisotopic (exact) mass is 200 g/mol. The van der Waals surface area contributed by atoms with E-state index in [9.17, 15) is 4.79 Å². The fourth-order valence-corrected chi connectivity index (χ4v) is 1.50. The Balaban J connectivity index is 2.10. The van der Waals surface area contributed by atoms with Gasteiger partial charge in [-0.25, -0.2) is 4.79 Å². The summed E-state index contributed by atoms with van der Waals surface area (Å²) >= 11 is 0. The second-order valence-corrected chi connectivity index (χ2v) is 4.97. The first kappa shape index (κ1) is 11.3. The molecule has 1 amide bonds. The molecule has 0 aromatic carbocycles. The van der Waals surface area contributed by atoms with Gasteiger partial charge in [0.1, 0.15) is 5.60 Å². The zero-order valence-electron chi connectivity index (χ0n) is 9.46. The van der Waals surface area contributed by atoms with Gasteiger partial charge in [0.25, 0.3) is 0 Å². The Morgan fingerprint density at radius 2 is 2.07 bits per heavy atom. The van der Waals surface area contributed by atoms with Crippen molar-refractivity contribution in [3.05, 3.63) is 0 Å². The summed E-state index contributed by atoms with van der Waals surface area (Å²) in [6.07, 6.45) is -0.313. The van der Waals surface area contributed by atoms with Crippen molar-refractivity contribution in [1.82, 2.24) is 10.2 Å². The molecule has 82 valence electrons. The summed E-state index contributed by atoms with van der Waals surface area (Å²) < 4.78 is 5.12. The summed E-state index contributed by atoms with van der Waals surface area (Å²) in [7, 11) is 2.07. The van der Waals surface area contributed by atoms with E-state index < -0.39 is 5.60 Å². The third kappa shape index (κ3) is 3.96. The fourth-order valence-electron chi connectivity index (χ4n) is 1.50. The maximum atomic E-state index is 11.2. The van der Waals surface area contributed by atoms with Gasteiger partial charge in [-0.1, -0.05) is 0 Å². The van der Waals surface area contributed by atoms with Crippen LogP contribution in [-0.4, -0.2) is 43.3 Å². The van der Waals surface area contributed by atoms with Gasteiger partial charge in [-0.05, 0) is 27.8 Å². The quantitative estimate of drug-likeness (QED) is 0.725. The Kier molecular flexibility index (Phi) is 3.37. The average Bonchev–Trinajstić information content (AvgIpc) is 1.92. The van der Waals surface area contributed by atoms with Crippen molar-refractivity contribution in [2.75, 3.05) is 26.7 Å². The Morgan fingerprint density at radius 3 is 2.50 bits per heavy atom. The van der Waals surface area contributed by atoms with E-state index in [-0.39, 0.29) is 6.09 Å². The van der Waals surface area contributed by atoms with Crippen LogP contribution in [0, 0.1) is 5.92 Å². The number of alkyl carbamates (subject to hydrolysis) is 1. The molecule has 1 fully saturated rings. The molecule has 0 unspecified atom stereocenters. The van der Waals surface area contributed by atoms with E-state index in [0.29, 0.717) is 5.92 Å². The molecule has 4 heteroatoms.